The van der Waals surface area contributed by atoms with Gasteiger partial charge < -0.3 is 24.0 Å². The van der Waals surface area contributed by atoms with Gasteiger partial charge in [-0.2, -0.15) is 0 Å². The van der Waals surface area contributed by atoms with Crippen molar-refractivity contribution >= 4 is 12.0 Å². The van der Waals surface area contributed by atoms with Gasteiger partial charge in [0.2, 0.25) is 0 Å². The molecule has 1 saturated heterocycles. The first-order valence-electron chi connectivity index (χ1n) is 7.53. The van der Waals surface area contributed by atoms with Crippen LogP contribution in [-0.4, -0.2) is 68.8 Å². The third-order valence-electron chi connectivity index (χ3n) is 3.73. The molecule has 126 valence electrons. The summed E-state index contributed by atoms with van der Waals surface area (Å²) in [5.74, 6) is 0.987. The number of nitrogens with zero attached hydrogens (tertiary/aromatic N) is 2. The third kappa shape index (κ3) is 3.85. The highest BCUT2D eigenvalue weighted by Gasteiger charge is 2.27. The van der Waals surface area contributed by atoms with E-state index in [1.54, 1.807) is 42.0 Å². The van der Waals surface area contributed by atoms with Gasteiger partial charge in [-0.05, 0) is 19.1 Å². The molecule has 1 fully saturated rings. The number of benzene rings is 1. The van der Waals surface area contributed by atoms with Crippen LogP contribution in [0.5, 0.6) is 11.5 Å². The Morgan fingerprint density at radius 1 is 1.04 bits per heavy atom. The van der Waals surface area contributed by atoms with Gasteiger partial charge in [-0.1, -0.05) is 0 Å². The minimum absolute atomic E-state index is 0.118. The van der Waals surface area contributed by atoms with Gasteiger partial charge in [0.1, 0.15) is 11.5 Å². The van der Waals surface area contributed by atoms with Crippen LogP contribution in [0, 0.1) is 0 Å². The Balaban J connectivity index is 2.04. The van der Waals surface area contributed by atoms with Gasteiger partial charge in [-0.3, -0.25) is 4.79 Å². The summed E-state index contributed by atoms with van der Waals surface area (Å²) < 4.78 is 15.4. The molecule has 1 aromatic rings. The van der Waals surface area contributed by atoms with Crippen molar-refractivity contribution in [3.8, 4) is 11.5 Å². The van der Waals surface area contributed by atoms with Gasteiger partial charge in [0.05, 0.1) is 26.4 Å². The van der Waals surface area contributed by atoms with Crippen molar-refractivity contribution in [3.05, 3.63) is 23.8 Å². The Hall–Kier alpha value is -2.44. The molecule has 0 atom stereocenters. The minimum atomic E-state index is -0.332. The maximum Gasteiger partial charge on any atom is 0.409 e. The summed E-state index contributed by atoms with van der Waals surface area (Å²) in [6.45, 7) is 3.97. The maximum atomic E-state index is 12.7. The molecule has 0 aromatic heterocycles. The Labute approximate surface area is 135 Å². The van der Waals surface area contributed by atoms with Crippen molar-refractivity contribution in [1.82, 2.24) is 9.80 Å². The first-order valence-corrected chi connectivity index (χ1v) is 7.53. The standard InChI is InChI=1S/C16H22N2O5/c1-4-23-16(20)18-9-7-17(8-10-18)15(19)13-6-5-12(21-2)11-14(13)22-3/h5-6,11H,4,7-10H2,1-3H3. The normalized spacial score (nSPS) is 14.4. The van der Waals surface area contributed by atoms with Gasteiger partial charge in [0.15, 0.2) is 0 Å². The molecule has 0 radical (unpaired) electrons. The lowest BCUT2D eigenvalue weighted by molar-refractivity contribution is 0.0568. The van der Waals surface area contributed by atoms with E-state index in [1.165, 1.54) is 7.11 Å². The second-order valence-corrected chi connectivity index (χ2v) is 5.04. The van der Waals surface area contributed by atoms with Gasteiger partial charge in [-0.15, -0.1) is 0 Å². The smallest absolute Gasteiger partial charge is 0.409 e. The molecule has 2 rings (SSSR count). The Kier molecular flexibility index (Phi) is 5.67. The minimum Gasteiger partial charge on any atom is -0.497 e. The number of rotatable bonds is 4. The van der Waals surface area contributed by atoms with E-state index in [9.17, 15) is 9.59 Å². The van der Waals surface area contributed by atoms with Crippen LogP contribution in [0.1, 0.15) is 17.3 Å². The average Bonchev–Trinajstić information content (AvgIpc) is 2.60. The lowest BCUT2D eigenvalue weighted by Crippen LogP contribution is -2.50. The van der Waals surface area contributed by atoms with Crippen LogP contribution in [0.3, 0.4) is 0 Å². The topological polar surface area (TPSA) is 68.3 Å². The van der Waals surface area contributed by atoms with Crippen molar-refractivity contribution in [2.24, 2.45) is 0 Å². The van der Waals surface area contributed by atoms with Crippen LogP contribution in [0.15, 0.2) is 18.2 Å². The molecule has 1 aliphatic heterocycles. The second kappa shape index (κ2) is 7.71. The van der Waals surface area contributed by atoms with E-state index >= 15 is 0 Å². The first kappa shape index (κ1) is 16.9. The lowest BCUT2D eigenvalue weighted by Gasteiger charge is -2.34. The van der Waals surface area contributed by atoms with Crippen LogP contribution in [0.2, 0.25) is 0 Å². The van der Waals surface area contributed by atoms with Gasteiger partial charge in [0, 0.05) is 32.2 Å². The predicted octanol–water partition coefficient (Wildman–Crippen LogP) is 1.62. The molecule has 1 aliphatic rings. The number of piperazine rings is 1. The van der Waals surface area contributed by atoms with Gasteiger partial charge in [-0.25, -0.2) is 4.79 Å². The summed E-state index contributed by atoms with van der Waals surface area (Å²) in [4.78, 5) is 27.7. The van der Waals surface area contributed by atoms with E-state index in [0.29, 0.717) is 49.8 Å². The number of ether oxygens (including phenoxy) is 3. The van der Waals surface area contributed by atoms with Crippen LogP contribution in [0.25, 0.3) is 0 Å². The van der Waals surface area contributed by atoms with Crippen molar-refractivity contribution in [2.45, 2.75) is 6.92 Å². The summed E-state index contributed by atoms with van der Waals surface area (Å²) in [5.41, 5.74) is 0.484. The summed E-state index contributed by atoms with van der Waals surface area (Å²) in [5, 5.41) is 0. The lowest BCUT2D eigenvalue weighted by atomic mass is 10.1. The zero-order chi connectivity index (χ0) is 16.8. The number of hydrogen-bond acceptors (Lipinski definition) is 5. The fourth-order valence-electron chi connectivity index (χ4n) is 2.45. The van der Waals surface area contributed by atoms with Gasteiger partial charge in [0.25, 0.3) is 5.91 Å². The van der Waals surface area contributed by atoms with E-state index < -0.39 is 0 Å². The first-order chi connectivity index (χ1) is 11.1. The maximum absolute atomic E-state index is 12.7. The molecular weight excluding hydrogens is 300 g/mol. The molecule has 1 aromatic carbocycles. The van der Waals surface area contributed by atoms with E-state index in [2.05, 4.69) is 0 Å². The molecule has 0 saturated carbocycles. The Bertz CT molecular complexity index is 568. The molecule has 0 unspecified atom stereocenters. The van der Waals surface area contributed by atoms with Crippen molar-refractivity contribution < 1.29 is 23.8 Å². The summed E-state index contributed by atoms with van der Waals surface area (Å²) in [7, 11) is 3.08. The summed E-state index contributed by atoms with van der Waals surface area (Å²) >= 11 is 0. The van der Waals surface area contributed by atoms with Crippen LogP contribution in [-0.2, 0) is 4.74 Å². The highest BCUT2D eigenvalue weighted by molar-refractivity contribution is 5.97. The summed E-state index contributed by atoms with van der Waals surface area (Å²) in [6.07, 6.45) is -0.332. The quantitative estimate of drug-likeness (QED) is 0.842. The molecule has 7 heteroatoms. The number of methoxy groups -OCH3 is 2. The zero-order valence-electron chi connectivity index (χ0n) is 13.7. The molecule has 0 aliphatic carbocycles. The van der Waals surface area contributed by atoms with Crippen molar-refractivity contribution in [3.63, 3.8) is 0 Å². The van der Waals surface area contributed by atoms with E-state index in [-0.39, 0.29) is 12.0 Å². The summed E-state index contributed by atoms with van der Waals surface area (Å²) in [6, 6.07) is 5.10. The number of hydrogen-bond donors (Lipinski definition) is 0. The fourth-order valence-corrected chi connectivity index (χ4v) is 2.45. The van der Waals surface area contributed by atoms with Crippen LogP contribution in [0.4, 0.5) is 4.79 Å². The van der Waals surface area contributed by atoms with Crippen LogP contribution < -0.4 is 9.47 Å². The number of carbonyl (C=O) groups is 2. The molecule has 0 spiro atoms. The van der Waals surface area contributed by atoms with Gasteiger partial charge >= 0.3 is 6.09 Å². The highest BCUT2D eigenvalue weighted by Crippen LogP contribution is 2.26. The average molecular weight is 322 g/mol. The molecule has 7 nitrogen and oxygen atoms in total. The van der Waals surface area contributed by atoms with Crippen molar-refractivity contribution in [1.29, 1.82) is 0 Å². The second-order valence-electron chi connectivity index (χ2n) is 5.04. The highest BCUT2D eigenvalue weighted by atomic mass is 16.6. The number of carbonyl (C=O) groups excluding carboxylic acids is 2. The Morgan fingerprint density at radius 3 is 2.26 bits per heavy atom. The fraction of sp³-hybridized carbons (Fsp3) is 0.500. The monoisotopic (exact) mass is 322 g/mol. The molecule has 0 N–H and O–H groups in total. The molecule has 23 heavy (non-hydrogen) atoms. The largest absolute Gasteiger partial charge is 0.497 e. The molecule has 1 heterocycles. The van der Waals surface area contributed by atoms with Crippen molar-refractivity contribution in [2.75, 3.05) is 47.0 Å². The zero-order valence-corrected chi connectivity index (χ0v) is 13.7. The Morgan fingerprint density at radius 2 is 1.70 bits per heavy atom. The third-order valence-corrected chi connectivity index (χ3v) is 3.73. The molecular formula is C16H22N2O5. The molecule has 0 bridgehead atoms. The SMILES string of the molecule is CCOC(=O)N1CCN(C(=O)c2ccc(OC)cc2OC)CC1. The molecule has 2 amide bonds. The predicted molar refractivity (Wildman–Crippen MR) is 84.0 cm³/mol. The number of amides is 2. The van der Waals surface area contributed by atoms with E-state index in [4.69, 9.17) is 14.2 Å². The van der Waals surface area contributed by atoms with E-state index in [1.807, 2.05) is 0 Å². The van der Waals surface area contributed by atoms with Crippen LogP contribution >= 0.6 is 0 Å². The van der Waals surface area contributed by atoms with E-state index in [0.717, 1.165) is 0 Å².